The van der Waals surface area contributed by atoms with Gasteiger partial charge in [-0.25, -0.2) is 5.10 Å². The summed E-state index contributed by atoms with van der Waals surface area (Å²) in [7, 11) is 0. The number of nitrogens with one attached hydrogen (secondary N) is 2. The molecule has 1 aromatic carbocycles. The number of H-pyrrole nitrogens is 1. The number of aromatic nitrogens is 4. The fourth-order valence-electron chi connectivity index (χ4n) is 1.46. The predicted octanol–water partition coefficient (Wildman–Crippen LogP) is 2.08. The molecule has 0 saturated heterocycles. The molecule has 0 bridgehead atoms. The standard InChI is InChI=1S/C11H15N5/c1-11(2,3)12-9-6-4-5-8(7-9)10-13-15-16-14-10/h4-7,12H,1-3H3,(H,13,14,15,16). The molecule has 0 unspecified atom stereocenters. The van der Waals surface area contributed by atoms with Crippen LogP contribution in [0.4, 0.5) is 5.69 Å². The number of benzene rings is 1. The van der Waals surface area contributed by atoms with Crippen LogP contribution in [0.2, 0.25) is 0 Å². The van der Waals surface area contributed by atoms with Gasteiger partial charge >= 0.3 is 0 Å². The van der Waals surface area contributed by atoms with Gasteiger partial charge < -0.3 is 5.32 Å². The van der Waals surface area contributed by atoms with Crippen LogP contribution >= 0.6 is 0 Å². The molecule has 0 fully saturated rings. The fraction of sp³-hybridized carbons (Fsp3) is 0.364. The highest BCUT2D eigenvalue weighted by atomic mass is 15.5. The van der Waals surface area contributed by atoms with Crippen LogP contribution in [-0.2, 0) is 0 Å². The maximum atomic E-state index is 3.88. The van der Waals surface area contributed by atoms with Gasteiger partial charge in [-0.2, -0.15) is 0 Å². The number of rotatable bonds is 2. The van der Waals surface area contributed by atoms with Crippen molar-refractivity contribution in [3.63, 3.8) is 0 Å². The SMILES string of the molecule is CC(C)(C)Nc1cccc(-c2nnn[nH]2)c1. The highest BCUT2D eigenvalue weighted by Crippen LogP contribution is 2.20. The Hall–Kier alpha value is -1.91. The average molecular weight is 217 g/mol. The molecule has 0 aliphatic carbocycles. The number of aromatic amines is 1. The Kier molecular flexibility index (Phi) is 2.60. The molecule has 0 amide bonds. The van der Waals surface area contributed by atoms with Gasteiger partial charge in [0.1, 0.15) is 0 Å². The minimum atomic E-state index is 0.0400. The highest BCUT2D eigenvalue weighted by molar-refractivity contribution is 5.62. The third-order valence-electron chi connectivity index (χ3n) is 2.00. The first-order chi connectivity index (χ1) is 7.54. The van der Waals surface area contributed by atoms with Gasteiger partial charge in [0.05, 0.1) is 0 Å². The van der Waals surface area contributed by atoms with E-state index >= 15 is 0 Å². The zero-order valence-electron chi connectivity index (χ0n) is 9.65. The van der Waals surface area contributed by atoms with E-state index in [-0.39, 0.29) is 5.54 Å². The number of anilines is 1. The van der Waals surface area contributed by atoms with Crippen LogP contribution in [0, 0.1) is 0 Å². The lowest BCUT2D eigenvalue weighted by Crippen LogP contribution is -2.25. The molecule has 1 heterocycles. The summed E-state index contributed by atoms with van der Waals surface area (Å²) in [4.78, 5) is 0. The van der Waals surface area contributed by atoms with Gasteiger partial charge in [0.25, 0.3) is 0 Å². The number of nitrogens with zero attached hydrogens (tertiary/aromatic N) is 3. The molecule has 0 aliphatic heterocycles. The van der Waals surface area contributed by atoms with Gasteiger partial charge in [-0.05, 0) is 43.3 Å². The average Bonchev–Trinajstić information content (AvgIpc) is 2.68. The molecule has 84 valence electrons. The molecule has 2 N–H and O–H groups in total. The van der Waals surface area contributed by atoms with Crippen molar-refractivity contribution in [3.05, 3.63) is 24.3 Å². The van der Waals surface area contributed by atoms with E-state index in [9.17, 15) is 0 Å². The van der Waals surface area contributed by atoms with Crippen LogP contribution in [0.3, 0.4) is 0 Å². The zero-order valence-corrected chi connectivity index (χ0v) is 9.65. The maximum absolute atomic E-state index is 3.88. The Labute approximate surface area is 94.3 Å². The summed E-state index contributed by atoms with van der Waals surface area (Å²) < 4.78 is 0. The highest BCUT2D eigenvalue weighted by Gasteiger charge is 2.10. The normalized spacial score (nSPS) is 11.4. The maximum Gasteiger partial charge on any atom is 0.179 e. The van der Waals surface area contributed by atoms with Crippen LogP contribution in [-0.4, -0.2) is 26.2 Å². The fourth-order valence-corrected chi connectivity index (χ4v) is 1.46. The third kappa shape index (κ3) is 2.56. The second kappa shape index (κ2) is 3.92. The summed E-state index contributed by atoms with van der Waals surface area (Å²) in [6.07, 6.45) is 0. The first kappa shape index (κ1) is 10.6. The van der Waals surface area contributed by atoms with Crippen molar-refractivity contribution in [2.24, 2.45) is 0 Å². The van der Waals surface area contributed by atoms with Crippen LogP contribution in [0.25, 0.3) is 11.4 Å². The van der Waals surface area contributed by atoms with Gasteiger partial charge in [-0.1, -0.05) is 12.1 Å². The summed E-state index contributed by atoms with van der Waals surface area (Å²) in [6.45, 7) is 6.36. The predicted molar refractivity (Wildman–Crippen MR) is 63.0 cm³/mol. The topological polar surface area (TPSA) is 66.5 Å². The Bertz CT molecular complexity index is 455. The zero-order chi connectivity index (χ0) is 11.6. The lowest BCUT2D eigenvalue weighted by Gasteiger charge is -2.22. The van der Waals surface area contributed by atoms with E-state index in [4.69, 9.17) is 0 Å². The van der Waals surface area contributed by atoms with E-state index in [1.165, 1.54) is 0 Å². The van der Waals surface area contributed by atoms with E-state index in [0.29, 0.717) is 5.82 Å². The van der Waals surface area contributed by atoms with E-state index in [1.807, 2.05) is 24.3 Å². The first-order valence-corrected chi connectivity index (χ1v) is 5.17. The molecular weight excluding hydrogens is 202 g/mol. The quantitative estimate of drug-likeness (QED) is 0.808. The first-order valence-electron chi connectivity index (χ1n) is 5.17. The molecular formula is C11H15N5. The largest absolute Gasteiger partial charge is 0.380 e. The van der Waals surface area contributed by atoms with E-state index < -0.39 is 0 Å². The summed E-state index contributed by atoms with van der Waals surface area (Å²) in [6, 6.07) is 7.99. The third-order valence-corrected chi connectivity index (χ3v) is 2.00. The summed E-state index contributed by atoms with van der Waals surface area (Å²) in [5.41, 5.74) is 2.07. The van der Waals surface area contributed by atoms with Crippen molar-refractivity contribution in [2.45, 2.75) is 26.3 Å². The van der Waals surface area contributed by atoms with Crippen molar-refractivity contribution >= 4 is 5.69 Å². The van der Waals surface area contributed by atoms with Crippen LogP contribution in [0.15, 0.2) is 24.3 Å². The number of tetrazole rings is 1. The van der Waals surface area contributed by atoms with Gasteiger partial charge in [0.15, 0.2) is 5.82 Å². The summed E-state index contributed by atoms with van der Waals surface area (Å²) >= 11 is 0. The van der Waals surface area contributed by atoms with Crippen molar-refractivity contribution in [1.82, 2.24) is 20.6 Å². The van der Waals surface area contributed by atoms with Gasteiger partial charge in [0, 0.05) is 16.8 Å². The van der Waals surface area contributed by atoms with Crippen LogP contribution in [0.1, 0.15) is 20.8 Å². The molecule has 0 radical (unpaired) electrons. The van der Waals surface area contributed by atoms with Crippen LogP contribution in [0.5, 0.6) is 0 Å². The summed E-state index contributed by atoms with van der Waals surface area (Å²) in [5.74, 6) is 0.678. The Morgan fingerprint density at radius 3 is 2.69 bits per heavy atom. The van der Waals surface area contributed by atoms with E-state index in [0.717, 1.165) is 11.3 Å². The molecule has 0 atom stereocenters. The van der Waals surface area contributed by atoms with Crippen molar-refractivity contribution in [3.8, 4) is 11.4 Å². The number of hydrogen-bond donors (Lipinski definition) is 2. The Balaban J connectivity index is 2.27. The second-order valence-electron chi connectivity index (χ2n) is 4.71. The molecule has 2 aromatic rings. The lowest BCUT2D eigenvalue weighted by atomic mass is 10.1. The second-order valence-corrected chi connectivity index (χ2v) is 4.71. The lowest BCUT2D eigenvalue weighted by molar-refractivity contribution is 0.634. The molecule has 16 heavy (non-hydrogen) atoms. The molecule has 0 spiro atoms. The van der Waals surface area contributed by atoms with Gasteiger partial charge in [-0.15, -0.1) is 5.10 Å². The molecule has 0 saturated carbocycles. The summed E-state index contributed by atoms with van der Waals surface area (Å²) in [5, 5.41) is 17.1. The molecule has 5 nitrogen and oxygen atoms in total. The van der Waals surface area contributed by atoms with E-state index in [1.54, 1.807) is 0 Å². The van der Waals surface area contributed by atoms with Crippen LogP contribution < -0.4 is 5.32 Å². The van der Waals surface area contributed by atoms with Gasteiger partial charge in [0.2, 0.25) is 0 Å². The van der Waals surface area contributed by atoms with Crippen molar-refractivity contribution in [2.75, 3.05) is 5.32 Å². The minimum absolute atomic E-state index is 0.0400. The Morgan fingerprint density at radius 1 is 1.25 bits per heavy atom. The van der Waals surface area contributed by atoms with Crippen molar-refractivity contribution in [1.29, 1.82) is 0 Å². The number of hydrogen-bond acceptors (Lipinski definition) is 4. The van der Waals surface area contributed by atoms with E-state index in [2.05, 4.69) is 46.7 Å². The Morgan fingerprint density at radius 2 is 2.06 bits per heavy atom. The smallest absolute Gasteiger partial charge is 0.179 e. The minimum Gasteiger partial charge on any atom is -0.380 e. The molecule has 2 rings (SSSR count). The molecule has 1 aromatic heterocycles. The van der Waals surface area contributed by atoms with Crippen molar-refractivity contribution < 1.29 is 0 Å². The molecule has 0 aliphatic rings. The van der Waals surface area contributed by atoms with Gasteiger partial charge in [-0.3, -0.25) is 0 Å². The molecule has 5 heteroatoms. The monoisotopic (exact) mass is 217 g/mol.